The number of amidine groups is 1. The molecule has 2 amide bonds. The van der Waals surface area contributed by atoms with Gasteiger partial charge in [0.1, 0.15) is 5.70 Å². The number of fused-ring (bicyclic) bond motifs is 1. The van der Waals surface area contributed by atoms with E-state index >= 15 is 0 Å². The maximum atomic E-state index is 13.2. The van der Waals surface area contributed by atoms with Gasteiger partial charge in [-0.15, -0.1) is 11.8 Å². The summed E-state index contributed by atoms with van der Waals surface area (Å²) in [6.45, 7) is 8.43. The second-order valence-electron chi connectivity index (χ2n) is 9.60. The van der Waals surface area contributed by atoms with Gasteiger partial charge in [0, 0.05) is 48.8 Å². The molecular weight excluding hydrogens is 446 g/mol. The number of aliphatic carboxylic acids is 1. The van der Waals surface area contributed by atoms with Crippen LogP contribution in [0.5, 0.6) is 0 Å². The number of carboxylic acids is 1. The first-order valence-electron chi connectivity index (χ1n) is 11.5. The summed E-state index contributed by atoms with van der Waals surface area (Å²) in [7, 11) is 1.92. The minimum atomic E-state index is -1.12. The minimum absolute atomic E-state index is 0.0370. The van der Waals surface area contributed by atoms with Crippen LogP contribution in [0.1, 0.15) is 27.2 Å². The molecule has 0 unspecified atom stereocenters. The number of carboxylic acid groups (broad SMARTS) is 1. The third-order valence-corrected chi connectivity index (χ3v) is 8.96. The Balaban J connectivity index is 1.44. The van der Waals surface area contributed by atoms with Crippen LogP contribution in [0.15, 0.2) is 10.6 Å². The van der Waals surface area contributed by atoms with Crippen molar-refractivity contribution in [1.29, 1.82) is 5.41 Å². The average Bonchev–Trinajstić information content (AvgIpc) is 3.23. The highest BCUT2D eigenvalue weighted by Gasteiger charge is 2.60. The van der Waals surface area contributed by atoms with E-state index in [2.05, 4.69) is 0 Å². The van der Waals surface area contributed by atoms with Gasteiger partial charge in [-0.3, -0.25) is 19.9 Å². The van der Waals surface area contributed by atoms with E-state index in [-0.39, 0.29) is 40.8 Å². The normalized spacial score (nSPS) is 33.3. The van der Waals surface area contributed by atoms with Crippen molar-refractivity contribution in [3.63, 3.8) is 0 Å². The van der Waals surface area contributed by atoms with E-state index in [0.717, 1.165) is 0 Å². The molecule has 3 saturated heterocycles. The molecule has 10 nitrogen and oxygen atoms in total. The molecule has 4 aliphatic rings. The number of aliphatic hydroxyl groups excluding tert-OH is 1. The summed E-state index contributed by atoms with van der Waals surface area (Å²) in [5, 5.41) is 27.7. The lowest BCUT2D eigenvalue weighted by atomic mass is 9.79. The smallest absolute Gasteiger partial charge is 0.353 e. The number of piperazine rings is 1. The second kappa shape index (κ2) is 8.92. The fraction of sp³-hybridized carbons (Fsp3) is 0.727. The van der Waals surface area contributed by atoms with E-state index in [1.54, 1.807) is 13.8 Å². The highest BCUT2D eigenvalue weighted by Crippen LogP contribution is 2.52. The predicted molar refractivity (Wildman–Crippen MR) is 124 cm³/mol. The number of aliphatic hydroxyl groups is 1. The molecule has 33 heavy (non-hydrogen) atoms. The lowest BCUT2D eigenvalue weighted by molar-refractivity contribution is -0.163. The Morgan fingerprint density at radius 2 is 1.79 bits per heavy atom. The third-order valence-electron chi connectivity index (χ3n) is 7.47. The monoisotopic (exact) mass is 479 g/mol. The number of hydrogen-bond acceptors (Lipinski definition) is 7. The van der Waals surface area contributed by atoms with E-state index in [4.69, 9.17) is 5.41 Å². The number of nitrogens with one attached hydrogen (secondary N) is 1. The van der Waals surface area contributed by atoms with Crippen molar-refractivity contribution in [3.8, 4) is 0 Å². The predicted octanol–water partition coefficient (Wildman–Crippen LogP) is 0.0874. The van der Waals surface area contributed by atoms with Gasteiger partial charge in [-0.05, 0) is 27.3 Å². The Morgan fingerprint density at radius 3 is 2.33 bits per heavy atom. The van der Waals surface area contributed by atoms with Gasteiger partial charge >= 0.3 is 5.97 Å². The van der Waals surface area contributed by atoms with E-state index in [1.807, 2.05) is 28.7 Å². The van der Waals surface area contributed by atoms with E-state index < -0.39 is 18.0 Å². The van der Waals surface area contributed by atoms with Crippen LogP contribution in [-0.4, -0.2) is 117 Å². The van der Waals surface area contributed by atoms with Crippen molar-refractivity contribution in [2.45, 2.75) is 50.6 Å². The molecule has 3 fully saturated rings. The van der Waals surface area contributed by atoms with Gasteiger partial charge < -0.3 is 24.9 Å². The summed E-state index contributed by atoms with van der Waals surface area (Å²) >= 11 is 1.47. The van der Waals surface area contributed by atoms with Gasteiger partial charge in [-0.1, -0.05) is 6.92 Å². The molecule has 3 N–H and O–H groups in total. The quantitative estimate of drug-likeness (QED) is 0.288. The third kappa shape index (κ3) is 4.04. The molecule has 0 bridgehead atoms. The molecule has 0 saturated carbocycles. The Labute approximate surface area is 198 Å². The van der Waals surface area contributed by atoms with Gasteiger partial charge in [0.2, 0.25) is 11.8 Å². The summed E-state index contributed by atoms with van der Waals surface area (Å²) < 4.78 is 0. The Morgan fingerprint density at radius 1 is 1.18 bits per heavy atom. The standard InChI is InChI=1S/C22H33N5O5S/c1-11-17-16(12(2)28)21(30)27(17)18(22(31)32)19(11)33-14-9-15(24(4)10-14)20(29)26-7-5-25(6-8-26)13(3)23/h11-12,14-17,23,28H,5-10H2,1-4H3,(H,31,32)/t11-,12-,14+,15+,16-,17-/m1/s1. The fourth-order valence-corrected chi connectivity index (χ4v) is 7.26. The van der Waals surface area contributed by atoms with Crippen molar-refractivity contribution in [1.82, 2.24) is 19.6 Å². The first kappa shape index (κ1) is 24.0. The van der Waals surface area contributed by atoms with Crippen LogP contribution in [0, 0.1) is 17.2 Å². The largest absolute Gasteiger partial charge is 0.477 e. The SMILES string of the molecule is CC(=N)N1CCN(C(=O)[C@@H]2C[C@H](SC3=C(C(=O)O)N4C(=O)[C@H]([C@@H](C)O)[C@H]4[C@H]3C)CN2C)CC1. The van der Waals surface area contributed by atoms with Gasteiger partial charge in [-0.2, -0.15) is 0 Å². The first-order valence-corrected chi connectivity index (χ1v) is 12.3. The maximum absolute atomic E-state index is 13.2. The molecule has 6 atom stereocenters. The molecule has 4 rings (SSSR count). The van der Waals surface area contributed by atoms with E-state index in [1.165, 1.54) is 16.7 Å². The van der Waals surface area contributed by atoms with Gasteiger partial charge in [0.15, 0.2) is 0 Å². The van der Waals surface area contributed by atoms with Crippen molar-refractivity contribution >= 4 is 35.4 Å². The number of rotatable bonds is 5. The van der Waals surface area contributed by atoms with Crippen molar-refractivity contribution in [2.24, 2.45) is 11.8 Å². The average molecular weight is 480 g/mol. The molecule has 11 heteroatoms. The summed E-state index contributed by atoms with van der Waals surface area (Å²) in [6, 6.07) is -0.583. The Bertz CT molecular complexity index is 900. The highest BCUT2D eigenvalue weighted by molar-refractivity contribution is 8.03. The number of carbonyl (C=O) groups is 3. The highest BCUT2D eigenvalue weighted by atomic mass is 32.2. The second-order valence-corrected chi connectivity index (χ2v) is 10.9. The number of likely N-dealkylation sites (N-methyl/N-ethyl adjacent to an activating group) is 1. The minimum Gasteiger partial charge on any atom is -0.477 e. The van der Waals surface area contributed by atoms with Crippen LogP contribution >= 0.6 is 11.8 Å². The van der Waals surface area contributed by atoms with Crippen LogP contribution in [0.25, 0.3) is 0 Å². The maximum Gasteiger partial charge on any atom is 0.353 e. The molecular formula is C22H33N5O5S. The van der Waals surface area contributed by atoms with Gasteiger partial charge in [0.25, 0.3) is 0 Å². The van der Waals surface area contributed by atoms with Crippen LogP contribution in [0.4, 0.5) is 0 Å². The summed E-state index contributed by atoms with van der Waals surface area (Å²) in [6.07, 6.45) is -0.206. The van der Waals surface area contributed by atoms with Crippen LogP contribution in [-0.2, 0) is 14.4 Å². The van der Waals surface area contributed by atoms with Gasteiger partial charge in [0.05, 0.1) is 29.9 Å². The van der Waals surface area contributed by atoms with Crippen molar-refractivity contribution in [3.05, 3.63) is 10.6 Å². The molecule has 0 aliphatic carbocycles. The number of β-lactam (4-membered cyclic amide) rings is 1. The zero-order chi connectivity index (χ0) is 24.2. The Hall–Kier alpha value is -2.11. The van der Waals surface area contributed by atoms with E-state index in [9.17, 15) is 24.6 Å². The molecule has 4 aliphatic heterocycles. The molecule has 4 heterocycles. The van der Waals surface area contributed by atoms with Crippen molar-refractivity contribution in [2.75, 3.05) is 39.8 Å². The molecule has 0 radical (unpaired) electrons. The first-order chi connectivity index (χ1) is 15.5. The zero-order valence-corrected chi connectivity index (χ0v) is 20.3. The van der Waals surface area contributed by atoms with Crippen molar-refractivity contribution < 1.29 is 24.6 Å². The topological polar surface area (TPSA) is 128 Å². The summed E-state index contributed by atoms with van der Waals surface area (Å²) in [5.41, 5.74) is 0.0370. The number of nitrogens with zero attached hydrogens (tertiary/aromatic N) is 4. The molecule has 0 spiro atoms. The van der Waals surface area contributed by atoms with E-state index in [0.29, 0.717) is 49.9 Å². The number of likely N-dealkylation sites (tertiary alicyclic amines) is 1. The number of amides is 2. The fourth-order valence-electron chi connectivity index (χ4n) is 5.66. The molecule has 182 valence electrons. The molecule has 0 aromatic heterocycles. The zero-order valence-electron chi connectivity index (χ0n) is 19.5. The van der Waals surface area contributed by atoms with Crippen LogP contribution in [0.2, 0.25) is 0 Å². The lowest BCUT2D eigenvalue weighted by Gasteiger charge is -2.46. The van der Waals surface area contributed by atoms with Crippen LogP contribution in [0.3, 0.4) is 0 Å². The number of carbonyl (C=O) groups excluding carboxylic acids is 2. The summed E-state index contributed by atoms with van der Waals surface area (Å²) in [5.74, 6) is -1.59. The lowest BCUT2D eigenvalue weighted by Crippen LogP contribution is -2.63. The number of hydrogen-bond donors (Lipinski definition) is 3. The number of thioether (sulfide) groups is 1. The van der Waals surface area contributed by atoms with Crippen LogP contribution < -0.4 is 0 Å². The molecule has 0 aromatic carbocycles. The van der Waals surface area contributed by atoms with Gasteiger partial charge in [-0.25, -0.2) is 4.79 Å². The molecule has 0 aromatic rings. The Kier molecular flexibility index (Phi) is 6.49. The summed E-state index contributed by atoms with van der Waals surface area (Å²) in [4.78, 5) is 45.7.